The summed E-state index contributed by atoms with van der Waals surface area (Å²) in [6.07, 6.45) is -0.720. The normalized spacial score (nSPS) is 14.6. The van der Waals surface area contributed by atoms with Crippen LogP contribution in [-0.2, 0) is 19.2 Å². The zero-order chi connectivity index (χ0) is 22.6. The van der Waals surface area contributed by atoms with E-state index in [1.165, 1.54) is 6.92 Å². The van der Waals surface area contributed by atoms with Crippen molar-refractivity contribution < 1.29 is 34.5 Å². The number of hydrogen-bond donors (Lipinski definition) is 9. The molecule has 14 nitrogen and oxygen atoms in total. The summed E-state index contributed by atoms with van der Waals surface area (Å²) in [6, 6.07) is -3.90. The van der Waals surface area contributed by atoms with Gasteiger partial charge in [-0.3, -0.25) is 19.4 Å². The van der Waals surface area contributed by atoms with Gasteiger partial charge in [-0.15, -0.1) is 0 Å². The van der Waals surface area contributed by atoms with Gasteiger partial charge in [0.25, 0.3) is 0 Å². The minimum atomic E-state index is -1.55. The summed E-state index contributed by atoms with van der Waals surface area (Å²) in [7, 11) is 0. The number of aliphatic carboxylic acids is 1. The number of rotatable bonds is 13. The Balaban J connectivity index is 4.50. The zero-order valence-corrected chi connectivity index (χ0v) is 16.0. The third-order valence-electron chi connectivity index (χ3n) is 3.61. The molecule has 29 heavy (non-hydrogen) atoms. The molecule has 3 amide bonds. The van der Waals surface area contributed by atoms with Crippen molar-refractivity contribution in [2.75, 3.05) is 19.7 Å². The molecule has 0 saturated heterocycles. The predicted octanol–water partition coefficient (Wildman–Crippen LogP) is -5.09. The highest BCUT2D eigenvalue weighted by Crippen LogP contribution is 1.97. The monoisotopic (exact) mass is 419 g/mol. The maximum absolute atomic E-state index is 12.0. The van der Waals surface area contributed by atoms with Crippen molar-refractivity contribution in [2.45, 2.75) is 44.0 Å². The fourth-order valence-corrected chi connectivity index (χ4v) is 2.03. The molecule has 0 rings (SSSR count). The first-order valence-electron chi connectivity index (χ1n) is 8.69. The number of aliphatic hydroxyl groups is 2. The zero-order valence-electron chi connectivity index (χ0n) is 16.0. The van der Waals surface area contributed by atoms with E-state index >= 15 is 0 Å². The van der Waals surface area contributed by atoms with E-state index in [2.05, 4.69) is 15.6 Å². The van der Waals surface area contributed by atoms with E-state index < -0.39 is 61.1 Å². The SMILES string of the molecule is CC(O)C(NC(=O)CNC(=O)C(CO)NC(=O)C(N)CCCN=C(N)N)C(=O)O. The van der Waals surface area contributed by atoms with Crippen molar-refractivity contribution in [3.63, 3.8) is 0 Å². The lowest BCUT2D eigenvalue weighted by molar-refractivity contribution is -0.144. The second-order valence-corrected chi connectivity index (χ2v) is 6.14. The molecule has 4 unspecified atom stereocenters. The molecular weight excluding hydrogens is 390 g/mol. The highest BCUT2D eigenvalue weighted by atomic mass is 16.4. The largest absolute Gasteiger partial charge is 0.480 e. The first kappa shape index (κ1) is 26.0. The number of nitrogens with two attached hydrogens (primary N) is 3. The molecule has 0 aliphatic rings. The van der Waals surface area contributed by atoms with Crippen LogP contribution in [0, 0.1) is 0 Å². The lowest BCUT2D eigenvalue weighted by atomic mass is 10.1. The minimum Gasteiger partial charge on any atom is -0.480 e. The number of hydrogen-bond acceptors (Lipinski definition) is 8. The van der Waals surface area contributed by atoms with Gasteiger partial charge in [-0.05, 0) is 19.8 Å². The molecule has 0 heterocycles. The van der Waals surface area contributed by atoms with Gasteiger partial charge in [-0.2, -0.15) is 0 Å². The van der Waals surface area contributed by atoms with Gasteiger partial charge in [0.05, 0.1) is 25.3 Å². The van der Waals surface area contributed by atoms with E-state index in [9.17, 15) is 29.4 Å². The van der Waals surface area contributed by atoms with Crippen LogP contribution in [0.2, 0.25) is 0 Å². The summed E-state index contributed by atoms with van der Waals surface area (Å²) in [6.45, 7) is 0.0548. The van der Waals surface area contributed by atoms with Crippen molar-refractivity contribution in [1.82, 2.24) is 16.0 Å². The predicted molar refractivity (Wildman–Crippen MR) is 101 cm³/mol. The molecule has 0 aliphatic carbocycles. The molecule has 0 fully saturated rings. The first-order valence-corrected chi connectivity index (χ1v) is 8.69. The van der Waals surface area contributed by atoms with Crippen molar-refractivity contribution in [3.8, 4) is 0 Å². The average molecular weight is 419 g/mol. The second-order valence-electron chi connectivity index (χ2n) is 6.14. The summed E-state index contributed by atoms with van der Waals surface area (Å²) in [5.41, 5.74) is 16.0. The Labute approximate surface area is 166 Å². The van der Waals surface area contributed by atoms with E-state index in [-0.39, 0.29) is 18.9 Å². The van der Waals surface area contributed by atoms with Crippen LogP contribution in [0.1, 0.15) is 19.8 Å². The lowest BCUT2D eigenvalue weighted by Gasteiger charge is -2.20. The standard InChI is InChI=1S/C15H29N7O7/c1-7(24)11(14(28)29)22-10(25)5-20-13(27)9(6-23)21-12(26)8(16)3-2-4-19-15(17)18/h7-9,11,23-24H,2-6,16H2,1H3,(H,20,27)(H,21,26)(H,22,25)(H,28,29)(H4,17,18,19). The Morgan fingerprint density at radius 2 is 1.72 bits per heavy atom. The van der Waals surface area contributed by atoms with Crippen LogP contribution in [-0.4, -0.2) is 88.9 Å². The number of carbonyl (C=O) groups excluding carboxylic acids is 3. The van der Waals surface area contributed by atoms with Crippen molar-refractivity contribution in [2.24, 2.45) is 22.2 Å². The number of carboxylic acid groups (broad SMARTS) is 1. The molecule has 4 atom stereocenters. The molecule has 14 heteroatoms. The fourth-order valence-electron chi connectivity index (χ4n) is 2.03. The number of nitrogens with one attached hydrogen (secondary N) is 3. The maximum Gasteiger partial charge on any atom is 0.328 e. The molecule has 12 N–H and O–H groups in total. The van der Waals surface area contributed by atoms with Gasteiger partial charge in [0.1, 0.15) is 6.04 Å². The van der Waals surface area contributed by atoms with E-state index in [1.54, 1.807) is 0 Å². The highest BCUT2D eigenvalue weighted by molar-refractivity contribution is 5.92. The number of carboxylic acids is 1. The summed E-state index contributed by atoms with van der Waals surface area (Å²) in [4.78, 5) is 50.3. The van der Waals surface area contributed by atoms with Crippen LogP contribution < -0.4 is 33.2 Å². The second kappa shape index (κ2) is 13.2. The molecule has 0 saturated carbocycles. The Morgan fingerprint density at radius 1 is 1.10 bits per heavy atom. The van der Waals surface area contributed by atoms with Crippen molar-refractivity contribution in [1.29, 1.82) is 0 Å². The minimum absolute atomic E-state index is 0.0906. The van der Waals surface area contributed by atoms with Gasteiger partial charge in [0.15, 0.2) is 12.0 Å². The number of aliphatic hydroxyl groups excluding tert-OH is 2. The van der Waals surface area contributed by atoms with Gasteiger partial charge >= 0.3 is 5.97 Å². The van der Waals surface area contributed by atoms with Gasteiger partial charge < -0.3 is 48.5 Å². The quantitative estimate of drug-likeness (QED) is 0.0779. The van der Waals surface area contributed by atoms with Crippen molar-refractivity contribution in [3.05, 3.63) is 0 Å². The lowest BCUT2D eigenvalue weighted by Crippen LogP contribution is -2.55. The number of guanidine groups is 1. The Kier molecular flexibility index (Phi) is 11.9. The molecule has 166 valence electrons. The highest BCUT2D eigenvalue weighted by Gasteiger charge is 2.26. The third kappa shape index (κ3) is 10.8. The molecule has 0 spiro atoms. The van der Waals surface area contributed by atoms with E-state index in [0.29, 0.717) is 6.42 Å². The third-order valence-corrected chi connectivity index (χ3v) is 3.61. The summed E-state index contributed by atoms with van der Waals surface area (Å²) in [5, 5.41) is 33.9. The number of nitrogens with zero attached hydrogens (tertiary/aromatic N) is 1. The topological polar surface area (TPSA) is 255 Å². The smallest absolute Gasteiger partial charge is 0.328 e. The average Bonchev–Trinajstić information content (AvgIpc) is 2.64. The van der Waals surface area contributed by atoms with Crippen LogP contribution in [0.4, 0.5) is 0 Å². The Hall–Kier alpha value is -2.97. The van der Waals surface area contributed by atoms with E-state index in [1.807, 2.05) is 5.32 Å². The van der Waals surface area contributed by atoms with Crippen LogP contribution in [0.5, 0.6) is 0 Å². The van der Waals surface area contributed by atoms with Crippen LogP contribution >= 0.6 is 0 Å². The molecular formula is C15H29N7O7. The summed E-state index contributed by atoms with van der Waals surface area (Å²) < 4.78 is 0. The van der Waals surface area contributed by atoms with E-state index in [4.69, 9.17) is 22.3 Å². The van der Waals surface area contributed by atoms with Gasteiger partial charge in [-0.1, -0.05) is 0 Å². The fraction of sp³-hybridized carbons (Fsp3) is 0.667. The number of aliphatic imine (C=N–C) groups is 1. The maximum atomic E-state index is 12.0. The molecule has 0 aromatic carbocycles. The van der Waals surface area contributed by atoms with Gasteiger partial charge in [0, 0.05) is 6.54 Å². The van der Waals surface area contributed by atoms with E-state index in [0.717, 1.165) is 0 Å². The number of amides is 3. The molecule has 0 bridgehead atoms. The first-order chi connectivity index (χ1) is 13.5. The van der Waals surface area contributed by atoms with Crippen LogP contribution in [0.25, 0.3) is 0 Å². The molecule has 0 aromatic rings. The molecule has 0 radical (unpaired) electrons. The summed E-state index contributed by atoms with van der Waals surface area (Å²) >= 11 is 0. The molecule has 0 aliphatic heterocycles. The Bertz CT molecular complexity index is 608. The van der Waals surface area contributed by atoms with Gasteiger partial charge in [0.2, 0.25) is 17.7 Å². The summed E-state index contributed by atoms with van der Waals surface area (Å²) in [5.74, 6) is -4.01. The molecule has 0 aromatic heterocycles. The Morgan fingerprint density at radius 3 is 2.21 bits per heavy atom. The van der Waals surface area contributed by atoms with Crippen molar-refractivity contribution >= 4 is 29.7 Å². The van der Waals surface area contributed by atoms with Gasteiger partial charge in [-0.25, -0.2) is 4.79 Å². The number of carbonyl (C=O) groups is 4. The van der Waals surface area contributed by atoms with Crippen LogP contribution in [0.15, 0.2) is 4.99 Å². The van der Waals surface area contributed by atoms with Crippen LogP contribution in [0.3, 0.4) is 0 Å².